The van der Waals surface area contributed by atoms with E-state index in [0.717, 1.165) is 0 Å². The van der Waals surface area contributed by atoms with Crippen LogP contribution in [-0.2, 0) is 14.1 Å². The fourth-order valence-electron chi connectivity index (χ4n) is 1.98. The summed E-state index contributed by atoms with van der Waals surface area (Å²) in [6, 6.07) is 0. The summed E-state index contributed by atoms with van der Waals surface area (Å²) in [4.78, 5) is 11.5. The summed E-state index contributed by atoms with van der Waals surface area (Å²) in [6.45, 7) is 0. The quantitative estimate of drug-likeness (QED) is 0.585. The minimum absolute atomic E-state index is 0.244. The third kappa shape index (κ3) is 4.45. The molecule has 2 rings (SSSR count). The van der Waals surface area contributed by atoms with Gasteiger partial charge in [0.15, 0.2) is 0 Å². The number of carbonyl (C=O) groups is 1. The van der Waals surface area contributed by atoms with Crippen LogP contribution in [0.15, 0.2) is 12.2 Å². The first kappa shape index (κ1) is 14.8. The second kappa shape index (κ2) is 6.69. The van der Waals surface area contributed by atoms with E-state index in [1.54, 1.807) is 6.08 Å². The van der Waals surface area contributed by atoms with E-state index in [4.69, 9.17) is 9.31 Å². The topological polar surface area (TPSA) is 67.8 Å². The number of thioether (sulfide) groups is 1. The minimum atomic E-state index is -2.58. The fraction of sp³-hybridized carbons (Fsp3) is 0.700. The second-order valence-electron chi connectivity index (χ2n) is 4.28. The van der Waals surface area contributed by atoms with Crippen LogP contribution in [0.5, 0.6) is 0 Å². The molecule has 1 fully saturated rings. The van der Waals surface area contributed by atoms with Crippen molar-refractivity contribution in [2.75, 3.05) is 5.75 Å². The van der Waals surface area contributed by atoms with Crippen LogP contribution in [0.4, 0.5) is 8.78 Å². The van der Waals surface area contributed by atoms with Crippen molar-refractivity contribution in [1.82, 2.24) is 5.32 Å². The number of aliphatic hydroxyl groups excluding tert-OH is 1. The molecule has 2 aliphatic rings. The van der Waals surface area contributed by atoms with Gasteiger partial charge in [-0.1, -0.05) is 23.9 Å². The Labute approximate surface area is 113 Å². The van der Waals surface area contributed by atoms with Crippen LogP contribution in [0.1, 0.15) is 12.8 Å². The first-order chi connectivity index (χ1) is 9.04. The van der Waals surface area contributed by atoms with Gasteiger partial charge in [0, 0.05) is 6.42 Å². The lowest BCUT2D eigenvalue weighted by molar-refractivity contribution is -0.120. The molecule has 0 aromatic carbocycles. The van der Waals surface area contributed by atoms with Gasteiger partial charge >= 0.3 is 7.12 Å². The standard InChI is InChI=1S/C10H14BF2NO4S/c12-10(13)19-5-8(15)14-7-3-1-2-6-4-9(16)18-11(7)17-6/h1-2,6-7,9-10,16H,3-5H2,(H,14,15)/t6-,7+,9?/m1/s1. The van der Waals surface area contributed by atoms with Gasteiger partial charge in [-0.05, 0) is 6.42 Å². The maximum atomic E-state index is 12.0. The van der Waals surface area contributed by atoms with Crippen LogP contribution in [0.2, 0.25) is 0 Å². The van der Waals surface area contributed by atoms with Crippen molar-refractivity contribution in [2.24, 2.45) is 0 Å². The highest BCUT2D eigenvalue weighted by atomic mass is 32.2. The number of hydrogen-bond donors (Lipinski definition) is 2. The molecule has 9 heteroatoms. The fourth-order valence-corrected chi connectivity index (χ4v) is 2.35. The summed E-state index contributed by atoms with van der Waals surface area (Å²) in [5, 5.41) is 12.1. The van der Waals surface area contributed by atoms with Gasteiger partial charge in [-0.2, -0.15) is 8.78 Å². The molecule has 2 heterocycles. The number of aliphatic hydroxyl groups is 1. The number of nitrogens with one attached hydrogen (secondary N) is 1. The SMILES string of the molecule is O=C(CSC(F)F)N[C@H]1CC=C[C@@H]2CC(O)OB1O2. The maximum Gasteiger partial charge on any atom is 0.483 e. The molecule has 5 nitrogen and oxygen atoms in total. The van der Waals surface area contributed by atoms with E-state index in [1.165, 1.54) is 0 Å². The third-order valence-electron chi connectivity index (χ3n) is 2.79. The van der Waals surface area contributed by atoms with Gasteiger partial charge < -0.3 is 19.7 Å². The van der Waals surface area contributed by atoms with Crippen LogP contribution in [0, 0.1) is 0 Å². The molecule has 1 saturated heterocycles. The Balaban J connectivity index is 1.88. The number of hydrogen-bond acceptors (Lipinski definition) is 5. The van der Waals surface area contributed by atoms with Gasteiger partial charge in [-0.3, -0.25) is 4.79 Å². The molecule has 106 valence electrons. The highest BCUT2D eigenvalue weighted by Crippen LogP contribution is 2.22. The molecule has 0 aromatic rings. The number of fused-ring (bicyclic) bond motifs is 2. The Morgan fingerprint density at radius 3 is 3.11 bits per heavy atom. The molecule has 2 aliphatic heterocycles. The largest absolute Gasteiger partial charge is 0.483 e. The molecular formula is C10H14BF2NO4S. The van der Waals surface area contributed by atoms with Crippen molar-refractivity contribution in [2.45, 2.75) is 36.9 Å². The highest BCUT2D eigenvalue weighted by Gasteiger charge is 2.40. The van der Waals surface area contributed by atoms with Crippen molar-refractivity contribution in [3.63, 3.8) is 0 Å². The van der Waals surface area contributed by atoms with E-state index in [9.17, 15) is 18.7 Å². The smallest absolute Gasteiger partial charge is 0.403 e. The third-order valence-corrected chi connectivity index (χ3v) is 3.47. The van der Waals surface area contributed by atoms with Crippen molar-refractivity contribution >= 4 is 24.8 Å². The average Bonchev–Trinajstić information content (AvgIpc) is 2.47. The molecule has 2 bridgehead atoms. The van der Waals surface area contributed by atoms with Crippen LogP contribution in [0.25, 0.3) is 0 Å². The zero-order valence-electron chi connectivity index (χ0n) is 10.00. The molecule has 0 radical (unpaired) electrons. The molecule has 0 saturated carbocycles. The summed E-state index contributed by atoms with van der Waals surface area (Å²) >= 11 is 0.263. The Morgan fingerprint density at radius 1 is 1.58 bits per heavy atom. The molecule has 19 heavy (non-hydrogen) atoms. The van der Waals surface area contributed by atoms with Gasteiger partial charge in [0.25, 0.3) is 5.76 Å². The van der Waals surface area contributed by atoms with Crippen LogP contribution < -0.4 is 5.32 Å². The zero-order valence-corrected chi connectivity index (χ0v) is 10.8. The first-order valence-corrected chi connectivity index (χ1v) is 6.94. The molecule has 0 aliphatic carbocycles. The summed E-state index contributed by atoms with van der Waals surface area (Å²) < 4.78 is 34.7. The summed E-state index contributed by atoms with van der Waals surface area (Å²) in [6.07, 6.45) is 3.26. The van der Waals surface area contributed by atoms with Gasteiger partial charge in [0.1, 0.15) is 6.29 Å². The molecule has 3 atom stereocenters. The normalized spacial score (nSPS) is 30.3. The lowest BCUT2D eigenvalue weighted by atomic mass is 9.75. The van der Waals surface area contributed by atoms with Crippen LogP contribution >= 0.6 is 11.8 Å². The average molecular weight is 293 g/mol. The van der Waals surface area contributed by atoms with E-state index < -0.39 is 31.0 Å². The number of alkyl halides is 2. The predicted molar refractivity (Wildman–Crippen MR) is 66.5 cm³/mol. The summed E-state index contributed by atoms with van der Waals surface area (Å²) in [5.41, 5.74) is 0. The summed E-state index contributed by atoms with van der Waals surface area (Å²) in [7, 11) is -0.760. The number of halogens is 2. The molecule has 2 N–H and O–H groups in total. The predicted octanol–water partition coefficient (Wildman–Crippen LogP) is 0.538. The second-order valence-corrected chi connectivity index (χ2v) is 5.26. The van der Waals surface area contributed by atoms with Crippen LogP contribution in [-0.4, -0.2) is 48.0 Å². The van der Waals surface area contributed by atoms with Crippen molar-refractivity contribution in [1.29, 1.82) is 0 Å². The van der Waals surface area contributed by atoms with Gasteiger partial charge in [-0.25, -0.2) is 0 Å². The monoisotopic (exact) mass is 293 g/mol. The highest BCUT2D eigenvalue weighted by molar-refractivity contribution is 8.00. The van der Waals surface area contributed by atoms with E-state index >= 15 is 0 Å². The Bertz CT molecular complexity index is 360. The minimum Gasteiger partial charge on any atom is -0.403 e. The van der Waals surface area contributed by atoms with E-state index in [-0.39, 0.29) is 23.6 Å². The summed E-state index contributed by atoms with van der Waals surface area (Å²) in [5.74, 6) is -3.89. The number of carbonyl (C=O) groups excluding carboxylic acids is 1. The molecule has 0 spiro atoms. The van der Waals surface area contributed by atoms with Crippen molar-refractivity contribution < 1.29 is 28.0 Å². The van der Waals surface area contributed by atoms with Crippen molar-refractivity contribution in [3.05, 3.63) is 12.2 Å². The van der Waals surface area contributed by atoms with Gasteiger partial charge in [0.05, 0.1) is 17.8 Å². The van der Waals surface area contributed by atoms with E-state index in [1.807, 2.05) is 6.08 Å². The van der Waals surface area contributed by atoms with Crippen molar-refractivity contribution in [3.8, 4) is 0 Å². The van der Waals surface area contributed by atoms with Crippen LogP contribution in [0.3, 0.4) is 0 Å². The maximum absolute atomic E-state index is 12.0. The lowest BCUT2D eigenvalue weighted by Crippen LogP contribution is -2.54. The Kier molecular flexibility index (Phi) is 5.20. The van der Waals surface area contributed by atoms with Gasteiger partial charge in [-0.15, -0.1) is 0 Å². The molecule has 0 aromatic heterocycles. The molecule has 1 unspecified atom stereocenters. The Morgan fingerprint density at radius 2 is 2.37 bits per heavy atom. The number of rotatable bonds is 4. The first-order valence-electron chi connectivity index (χ1n) is 5.89. The molecule has 1 amide bonds. The number of amides is 1. The lowest BCUT2D eigenvalue weighted by Gasteiger charge is -2.32. The van der Waals surface area contributed by atoms with E-state index in [0.29, 0.717) is 12.8 Å². The molecular weight excluding hydrogens is 279 g/mol. The van der Waals surface area contributed by atoms with Gasteiger partial charge in [0.2, 0.25) is 5.91 Å². The van der Waals surface area contributed by atoms with E-state index in [2.05, 4.69) is 5.32 Å². The zero-order chi connectivity index (χ0) is 13.8. The Hall–Kier alpha value is -0.635.